The van der Waals surface area contributed by atoms with Gasteiger partial charge in [0.1, 0.15) is 0 Å². The number of nitrogens with zero attached hydrogens (tertiary/aromatic N) is 3. The summed E-state index contributed by atoms with van der Waals surface area (Å²) >= 11 is 0. The van der Waals surface area contributed by atoms with Crippen LogP contribution in [0.1, 0.15) is 26.2 Å². The zero-order chi connectivity index (χ0) is 13.8. The lowest BCUT2D eigenvalue weighted by atomic mass is 10.0. The highest BCUT2D eigenvalue weighted by molar-refractivity contribution is 5.90. The Morgan fingerprint density at radius 3 is 3.00 bits per heavy atom. The molecule has 2 heterocycles. The van der Waals surface area contributed by atoms with E-state index < -0.39 is 0 Å². The molecular weight excluding hydrogens is 248 g/mol. The minimum atomic E-state index is 0.593. The molecule has 0 radical (unpaired) electrons. The fourth-order valence-electron chi connectivity index (χ4n) is 2.99. The molecule has 1 unspecified atom stereocenters. The molecule has 1 fully saturated rings. The normalized spacial score (nSPS) is 19.1. The average molecular weight is 270 g/mol. The van der Waals surface area contributed by atoms with E-state index in [0.29, 0.717) is 6.04 Å². The molecule has 1 aliphatic heterocycles. The maximum absolute atomic E-state index is 4.21. The van der Waals surface area contributed by atoms with Gasteiger partial charge in [-0.1, -0.05) is 24.6 Å². The van der Waals surface area contributed by atoms with Crippen molar-refractivity contribution in [2.24, 2.45) is 0 Å². The molecule has 4 heteroatoms. The fraction of sp³-hybridized carbons (Fsp3) is 0.500. The molecular formula is C16H22N4. The highest BCUT2D eigenvalue weighted by Gasteiger charge is 2.17. The molecule has 0 amide bonds. The van der Waals surface area contributed by atoms with Crippen LogP contribution in [0.3, 0.4) is 0 Å². The van der Waals surface area contributed by atoms with E-state index in [2.05, 4.69) is 39.5 Å². The second-order valence-corrected chi connectivity index (χ2v) is 5.43. The lowest BCUT2D eigenvalue weighted by Gasteiger charge is -2.31. The van der Waals surface area contributed by atoms with Crippen LogP contribution in [0.4, 0.5) is 5.69 Å². The Hall–Kier alpha value is -1.68. The number of fused-ring (bicyclic) bond motifs is 1. The lowest BCUT2D eigenvalue weighted by molar-refractivity contribution is 0.400. The molecule has 0 saturated carbocycles. The SMILES string of the molecule is CCN(CC1CCCCN1)c1cnnc2ccccc12. The van der Waals surface area contributed by atoms with Gasteiger partial charge in [0, 0.05) is 24.5 Å². The molecule has 106 valence electrons. The van der Waals surface area contributed by atoms with Crippen molar-refractivity contribution in [2.75, 3.05) is 24.5 Å². The molecule has 0 bridgehead atoms. The van der Waals surface area contributed by atoms with Crippen LogP contribution < -0.4 is 10.2 Å². The summed E-state index contributed by atoms with van der Waals surface area (Å²) in [5.41, 5.74) is 2.17. The van der Waals surface area contributed by atoms with Gasteiger partial charge in [0.05, 0.1) is 17.4 Å². The number of piperidine rings is 1. The number of anilines is 1. The third-order valence-electron chi connectivity index (χ3n) is 4.10. The van der Waals surface area contributed by atoms with Crippen molar-refractivity contribution in [3.63, 3.8) is 0 Å². The van der Waals surface area contributed by atoms with Crippen LogP contribution in [0.25, 0.3) is 10.9 Å². The maximum Gasteiger partial charge on any atom is 0.0950 e. The summed E-state index contributed by atoms with van der Waals surface area (Å²) in [6, 6.07) is 8.84. The fourth-order valence-corrected chi connectivity index (χ4v) is 2.99. The van der Waals surface area contributed by atoms with Crippen LogP contribution in [-0.2, 0) is 0 Å². The van der Waals surface area contributed by atoms with Crippen LogP contribution in [0.15, 0.2) is 30.5 Å². The Kier molecular flexibility index (Phi) is 4.11. The summed E-state index contributed by atoms with van der Waals surface area (Å²) in [7, 11) is 0. The van der Waals surface area contributed by atoms with Crippen molar-refractivity contribution >= 4 is 16.6 Å². The van der Waals surface area contributed by atoms with Crippen molar-refractivity contribution in [1.82, 2.24) is 15.5 Å². The minimum Gasteiger partial charge on any atom is -0.368 e. The Bertz CT molecular complexity index is 558. The first-order valence-corrected chi connectivity index (χ1v) is 7.57. The Morgan fingerprint density at radius 2 is 2.20 bits per heavy atom. The van der Waals surface area contributed by atoms with Crippen LogP contribution in [0.5, 0.6) is 0 Å². The molecule has 1 aromatic heterocycles. The molecule has 20 heavy (non-hydrogen) atoms. The summed E-state index contributed by atoms with van der Waals surface area (Å²) in [5.74, 6) is 0. The van der Waals surface area contributed by atoms with Crippen LogP contribution in [0.2, 0.25) is 0 Å². The molecule has 1 N–H and O–H groups in total. The van der Waals surface area contributed by atoms with Gasteiger partial charge in [-0.15, -0.1) is 0 Å². The third-order valence-corrected chi connectivity index (χ3v) is 4.10. The second kappa shape index (κ2) is 6.18. The largest absolute Gasteiger partial charge is 0.368 e. The molecule has 1 aromatic carbocycles. The topological polar surface area (TPSA) is 41.0 Å². The average Bonchev–Trinajstić information content (AvgIpc) is 2.53. The van der Waals surface area contributed by atoms with Gasteiger partial charge in [-0.3, -0.25) is 0 Å². The molecule has 0 spiro atoms. The molecule has 2 aromatic rings. The van der Waals surface area contributed by atoms with Crippen molar-refractivity contribution < 1.29 is 0 Å². The first-order valence-electron chi connectivity index (χ1n) is 7.57. The summed E-state index contributed by atoms with van der Waals surface area (Å²) in [6.45, 7) is 5.40. The van der Waals surface area contributed by atoms with Crippen molar-refractivity contribution in [3.05, 3.63) is 30.5 Å². The van der Waals surface area contributed by atoms with E-state index in [1.165, 1.54) is 30.3 Å². The molecule has 0 aliphatic carbocycles. The molecule has 4 nitrogen and oxygen atoms in total. The van der Waals surface area contributed by atoms with Gasteiger partial charge >= 0.3 is 0 Å². The summed E-state index contributed by atoms with van der Waals surface area (Å²) < 4.78 is 0. The van der Waals surface area contributed by atoms with Crippen molar-refractivity contribution in [1.29, 1.82) is 0 Å². The van der Waals surface area contributed by atoms with Crippen LogP contribution >= 0.6 is 0 Å². The van der Waals surface area contributed by atoms with E-state index >= 15 is 0 Å². The molecule has 1 saturated heterocycles. The molecule has 1 aliphatic rings. The number of hydrogen-bond acceptors (Lipinski definition) is 4. The van der Waals surface area contributed by atoms with Gasteiger partial charge < -0.3 is 10.2 Å². The molecule has 1 atom stereocenters. The summed E-state index contributed by atoms with van der Waals surface area (Å²) in [6.07, 6.45) is 5.81. The van der Waals surface area contributed by atoms with E-state index in [9.17, 15) is 0 Å². The number of nitrogens with one attached hydrogen (secondary N) is 1. The van der Waals surface area contributed by atoms with E-state index in [4.69, 9.17) is 0 Å². The minimum absolute atomic E-state index is 0.593. The van der Waals surface area contributed by atoms with Gasteiger partial charge in [0.15, 0.2) is 0 Å². The number of aromatic nitrogens is 2. The number of likely N-dealkylation sites (N-methyl/N-ethyl adjacent to an activating group) is 1. The van der Waals surface area contributed by atoms with Crippen molar-refractivity contribution in [3.8, 4) is 0 Å². The van der Waals surface area contributed by atoms with E-state index in [1.54, 1.807) is 0 Å². The van der Waals surface area contributed by atoms with Crippen LogP contribution in [0, 0.1) is 0 Å². The smallest absolute Gasteiger partial charge is 0.0950 e. The van der Waals surface area contributed by atoms with Crippen LogP contribution in [-0.4, -0.2) is 35.9 Å². The number of benzene rings is 1. The monoisotopic (exact) mass is 270 g/mol. The first-order chi connectivity index (χ1) is 9.88. The summed E-state index contributed by atoms with van der Waals surface area (Å²) in [4.78, 5) is 2.42. The van der Waals surface area contributed by atoms with E-state index in [0.717, 1.165) is 25.2 Å². The Balaban J connectivity index is 1.86. The third kappa shape index (κ3) is 2.75. The van der Waals surface area contributed by atoms with Gasteiger partial charge in [0.25, 0.3) is 0 Å². The zero-order valence-electron chi connectivity index (χ0n) is 12.0. The van der Waals surface area contributed by atoms with Gasteiger partial charge in [-0.05, 0) is 32.4 Å². The van der Waals surface area contributed by atoms with E-state index in [1.807, 2.05) is 18.3 Å². The predicted molar refractivity (Wildman–Crippen MR) is 83.1 cm³/mol. The van der Waals surface area contributed by atoms with Gasteiger partial charge in [0.2, 0.25) is 0 Å². The molecule has 3 rings (SSSR count). The number of rotatable bonds is 4. The quantitative estimate of drug-likeness (QED) is 0.927. The zero-order valence-corrected chi connectivity index (χ0v) is 12.0. The standard InChI is InChI=1S/C16H22N4/c1-2-20(12-13-7-5-6-10-17-13)16-11-18-19-15-9-4-3-8-14(15)16/h3-4,8-9,11,13,17H,2,5-7,10,12H2,1H3. The lowest BCUT2D eigenvalue weighted by Crippen LogP contribution is -2.43. The van der Waals surface area contributed by atoms with Gasteiger partial charge in [-0.2, -0.15) is 10.2 Å². The first kappa shape index (κ1) is 13.3. The van der Waals surface area contributed by atoms with Crippen molar-refractivity contribution in [2.45, 2.75) is 32.2 Å². The predicted octanol–water partition coefficient (Wildman–Crippen LogP) is 2.60. The highest BCUT2D eigenvalue weighted by Crippen LogP contribution is 2.24. The Labute approximate surface area is 120 Å². The summed E-state index contributed by atoms with van der Waals surface area (Å²) in [5, 5.41) is 13.2. The van der Waals surface area contributed by atoms with Gasteiger partial charge in [-0.25, -0.2) is 0 Å². The Morgan fingerprint density at radius 1 is 1.30 bits per heavy atom. The highest BCUT2D eigenvalue weighted by atomic mass is 15.2. The van der Waals surface area contributed by atoms with E-state index in [-0.39, 0.29) is 0 Å². The maximum atomic E-state index is 4.21. The second-order valence-electron chi connectivity index (χ2n) is 5.43. The number of hydrogen-bond donors (Lipinski definition) is 1.